The molecule has 2 rings (SSSR count). The van der Waals surface area contributed by atoms with Gasteiger partial charge in [0.05, 0.1) is 12.3 Å². The van der Waals surface area contributed by atoms with Crippen LogP contribution in [-0.4, -0.2) is 53.0 Å². The van der Waals surface area contributed by atoms with Gasteiger partial charge in [0.15, 0.2) is 0 Å². The Morgan fingerprint density at radius 2 is 2.18 bits per heavy atom. The minimum absolute atomic E-state index is 0.0519. The fourth-order valence-corrected chi connectivity index (χ4v) is 1.72. The van der Waals surface area contributed by atoms with Gasteiger partial charge in [-0.25, -0.2) is 4.79 Å². The van der Waals surface area contributed by atoms with E-state index in [1.54, 1.807) is 25.1 Å². The highest BCUT2D eigenvalue weighted by Crippen LogP contribution is 2.18. The van der Waals surface area contributed by atoms with Crippen LogP contribution in [-0.2, 0) is 14.3 Å². The van der Waals surface area contributed by atoms with Crippen molar-refractivity contribution in [2.75, 3.05) is 20.3 Å². The Hall–Kier alpha value is -2.74. The summed E-state index contributed by atoms with van der Waals surface area (Å²) in [6, 6.07) is 5.16. The number of aliphatic hydroxyl groups is 1. The number of aromatic amines is 1. The molecule has 8 heteroatoms. The number of nitrogens with zero attached hydrogens (tertiary/aromatic N) is 3. The predicted molar refractivity (Wildman–Crippen MR) is 80.2 cm³/mol. The topological polar surface area (TPSA) is 110 Å². The van der Waals surface area contributed by atoms with Gasteiger partial charge in [0.1, 0.15) is 29.0 Å². The number of rotatable bonds is 6. The van der Waals surface area contributed by atoms with Gasteiger partial charge in [0.2, 0.25) is 0 Å². The van der Waals surface area contributed by atoms with Crippen molar-refractivity contribution in [3.63, 3.8) is 0 Å². The van der Waals surface area contributed by atoms with E-state index in [1.165, 1.54) is 13.3 Å². The lowest BCUT2D eigenvalue weighted by atomic mass is 10.2. The smallest absolute Gasteiger partial charge is 0.343 e. The number of hydrogen-bond acceptors (Lipinski definition) is 7. The monoisotopic (exact) mass is 304 g/mol. The molecule has 0 aliphatic heterocycles. The molecule has 1 aromatic heterocycles. The number of ether oxygens (including phenoxy) is 2. The summed E-state index contributed by atoms with van der Waals surface area (Å²) in [7, 11) is 1.41. The van der Waals surface area contributed by atoms with Gasteiger partial charge in [-0.2, -0.15) is 15.4 Å². The van der Waals surface area contributed by atoms with E-state index in [-0.39, 0.29) is 24.5 Å². The summed E-state index contributed by atoms with van der Waals surface area (Å²) < 4.78 is 9.70. The van der Waals surface area contributed by atoms with Gasteiger partial charge in [-0.1, -0.05) is 0 Å². The summed E-state index contributed by atoms with van der Waals surface area (Å²) in [4.78, 5) is 16.0. The molecule has 0 saturated heterocycles. The van der Waals surface area contributed by atoms with Crippen LogP contribution in [0.3, 0.4) is 0 Å². The van der Waals surface area contributed by atoms with Crippen molar-refractivity contribution in [1.29, 1.82) is 0 Å². The number of benzene rings is 1. The first-order valence-electron chi connectivity index (χ1n) is 6.58. The van der Waals surface area contributed by atoms with Crippen LogP contribution in [0.2, 0.25) is 0 Å². The lowest BCUT2D eigenvalue weighted by molar-refractivity contribution is -0.138. The Labute approximate surface area is 126 Å². The molecule has 0 fully saturated rings. The number of aliphatic hydroxyl groups excluding tert-OH is 1. The largest absolute Gasteiger partial charge is 0.509 e. The maximum atomic E-state index is 11.8. The van der Waals surface area contributed by atoms with Crippen LogP contribution >= 0.6 is 0 Å². The van der Waals surface area contributed by atoms with E-state index < -0.39 is 5.97 Å². The molecule has 0 radical (unpaired) electrons. The van der Waals surface area contributed by atoms with Crippen molar-refractivity contribution in [2.24, 2.45) is 4.99 Å². The second kappa shape index (κ2) is 7.32. The molecule has 0 bridgehead atoms. The zero-order valence-electron chi connectivity index (χ0n) is 12.2. The van der Waals surface area contributed by atoms with Crippen molar-refractivity contribution < 1.29 is 19.4 Å². The first kappa shape index (κ1) is 15.6. The van der Waals surface area contributed by atoms with Crippen LogP contribution < -0.4 is 0 Å². The maximum Gasteiger partial charge on any atom is 0.343 e. The maximum absolute atomic E-state index is 11.8. The normalized spacial score (nSPS) is 12.6. The van der Waals surface area contributed by atoms with E-state index in [0.29, 0.717) is 16.7 Å². The van der Waals surface area contributed by atoms with Gasteiger partial charge in [-0.05, 0) is 25.1 Å². The summed E-state index contributed by atoms with van der Waals surface area (Å²) >= 11 is 0. The molecule has 0 amide bonds. The van der Waals surface area contributed by atoms with Crippen molar-refractivity contribution in [3.8, 4) is 0 Å². The third-order valence-electron chi connectivity index (χ3n) is 2.73. The van der Waals surface area contributed by atoms with Crippen LogP contribution in [0.25, 0.3) is 11.0 Å². The number of methoxy groups -OCH3 is 1. The number of H-pyrrole nitrogens is 1. The number of aliphatic imine (C=N–C) groups is 1. The molecule has 2 N–H and O–H groups in total. The van der Waals surface area contributed by atoms with E-state index in [0.717, 1.165) is 0 Å². The molecule has 22 heavy (non-hydrogen) atoms. The molecule has 1 heterocycles. The number of nitrogens with one attached hydrogen (secondary N) is 1. The molecule has 0 saturated carbocycles. The highest BCUT2D eigenvalue weighted by Gasteiger charge is 2.14. The molecule has 0 spiro atoms. The summed E-state index contributed by atoms with van der Waals surface area (Å²) in [5.41, 5.74) is 1.87. The molecule has 0 unspecified atom stereocenters. The second-order valence-corrected chi connectivity index (χ2v) is 4.27. The predicted octanol–water partition coefficient (Wildman–Crippen LogP) is 1.68. The molecular weight excluding hydrogens is 288 g/mol. The van der Waals surface area contributed by atoms with Gasteiger partial charge in [-0.3, -0.25) is 4.99 Å². The Kier molecular flexibility index (Phi) is 5.21. The number of aromatic nitrogens is 3. The first-order chi connectivity index (χ1) is 10.7. The molecule has 8 nitrogen and oxygen atoms in total. The van der Waals surface area contributed by atoms with Gasteiger partial charge >= 0.3 is 5.97 Å². The number of carbonyl (C=O) groups excluding carboxylic acids is 1. The minimum atomic E-state index is -0.664. The zero-order chi connectivity index (χ0) is 15.9. The van der Waals surface area contributed by atoms with Crippen LogP contribution in [0.4, 0.5) is 5.69 Å². The summed E-state index contributed by atoms with van der Waals surface area (Å²) in [5.74, 6) is -0.907. The fourth-order valence-electron chi connectivity index (χ4n) is 1.72. The van der Waals surface area contributed by atoms with Crippen molar-refractivity contribution >= 4 is 28.9 Å². The van der Waals surface area contributed by atoms with Gasteiger partial charge in [0.25, 0.3) is 0 Å². The average Bonchev–Trinajstić information content (AvgIpc) is 2.95. The molecule has 0 aliphatic carbocycles. The molecule has 0 atom stereocenters. The van der Waals surface area contributed by atoms with Crippen molar-refractivity contribution in [1.82, 2.24) is 15.4 Å². The van der Waals surface area contributed by atoms with E-state index in [1.807, 2.05) is 0 Å². The van der Waals surface area contributed by atoms with Crippen LogP contribution in [0.15, 0.2) is 34.5 Å². The third kappa shape index (κ3) is 3.67. The van der Waals surface area contributed by atoms with Crippen LogP contribution in [0, 0.1) is 0 Å². The number of carbonyl (C=O) groups is 1. The highest BCUT2D eigenvalue weighted by molar-refractivity contribution is 6.10. The lowest BCUT2D eigenvalue weighted by Crippen LogP contribution is -2.13. The quantitative estimate of drug-likeness (QED) is 0.363. The molecular formula is C14H16N4O4. The van der Waals surface area contributed by atoms with Gasteiger partial charge < -0.3 is 14.6 Å². The SMILES string of the molecule is CCOC(=O)C(C=Nc1ccc2n[nH]nc2c1)=C(O)COC. The van der Waals surface area contributed by atoms with E-state index in [2.05, 4.69) is 20.4 Å². The summed E-state index contributed by atoms with van der Waals surface area (Å²) in [5, 5.41) is 20.3. The number of hydrogen-bond donors (Lipinski definition) is 2. The Balaban J connectivity index is 2.28. The Morgan fingerprint density at radius 3 is 2.91 bits per heavy atom. The van der Waals surface area contributed by atoms with Gasteiger partial charge in [0, 0.05) is 13.3 Å². The summed E-state index contributed by atoms with van der Waals surface area (Å²) in [6.45, 7) is 1.77. The molecule has 1 aromatic carbocycles. The van der Waals surface area contributed by atoms with Crippen molar-refractivity contribution in [2.45, 2.75) is 6.92 Å². The van der Waals surface area contributed by atoms with E-state index in [4.69, 9.17) is 9.47 Å². The van der Waals surface area contributed by atoms with Crippen LogP contribution in [0.1, 0.15) is 6.92 Å². The molecule has 116 valence electrons. The number of fused-ring (bicyclic) bond motifs is 1. The van der Waals surface area contributed by atoms with Crippen molar-refractivity contribution in [3.05, 3.63) is 29.5 Å². The third-order valence-corrected chi connectivity index (χ3v) is 2.73. The zero-order valence-corrected chi connectivity index (χ0v) is 12.2. The van der Waals surface area contributed by atoms with Gasteiger partial charge in [-0.15, -0.1) is 0 Å². The van der Waals surface area contributed by atoms with E-state index >= 15 is 0 Å². The molecule has 0 aliphatic rings. The van der Waals surface area contributed by atoms with Crippen LogP contribution in [0.5, 0.6) is 0 Å². The van der Waals surface area contributed by atoms with E-state index in [9.17, 15) is 9.90 Å². The Bertz CT molecular complexity index is 720. The lowest BCUT2D eigenvalue weighted by Gasteiger charge is -2.05. The standard InChI is InChI=1S/C14H16N4O4/c1-3-22-14(20)10(13(19)8-21-2)7-15-9-4-5-11-12(6-9)17-18-16-11/h4-7,19H,3,8H2,1-2H3,(H,16,17,18). The first-order valence-corrected chi connectivity index (χ1v) is 6.58. The number of esters is 1. The fraction of sp³-hybridized carbons (Fsp3) is 0.286. The summed E-state index contributed by atoms with van der Waals surface area (Å²) in [6.07, 6.45) is 1.24. The molecule has 2 aromatic rings. The second-order valence-electron chi connectivity index (χ2n) is 4.27. The Morgan fingerprint density at radius 1 is 1.41 bits per heavy atom. The minimum Gasteiger partial charge on any atom is -0.509 e. The highest BCUT2D eigenvalue weighted by atomic mass is 16.5. The average molecular weight is 304 g/mol.